The van der Waals surface area contributed by atoms with Gasteiger partial charge in [0.25, 0.3) is 0 Å². The van der Waals surface area contributed by atoms with Crippen molar-refractivity contribution < 1.29 is 19.1 Å². The Kier molecular flexibility index (Phi) is 8.35. The van der Waals surface area contributed by atoms with Crippen LogP contribution in [-0.4, -0.2) is 39.7 Å². The van der Waals surface area contributed by atoms with Crippen molar-refractivity contribution in [1.82, 2.24) is 4.90 Å². The zero-order chi connectivity index (χ0) is 20.8. The first-order chi connectivity index (χ1) is 12.3. The Hall–Kier alpha value is -1.54. The van der Waals surface area contributed by atoms with Crippen LogP contribution in [0.4, 0.5) is 9.59 Å². The number of carbonyl (C=O) groups excluding carboxylic acids is 2. The summed E-state index contributed by atoms with van der Waals surface area (Å²) < 4.78 is 11.6. The fourth-order valence-electron chi connectivity index (χ4n) is 1.92. The Bertz CT molecular complexity index is 708. The average molecular weight is 459 g/mol. The lowest BCUT2D eigenvalue weighted by Crippen LogP contribution is -2.39. The third-order valence-corrected chi connectivity index (χ3v) is 4.01. The third-order valence-electron chi connectivity index (χ3n) is 2.84. The number of nitrogens with zero attached hydrogens (tertiary/aromatic N) is 2. The van der Waals surface area contributed by atoms with E-state index in [0.29, 0.717) is 0 Å². The molecule has 1 rings (SSSR count). The first-order valence-electron chi connectivity index (χ1n) is 8.41. The molecule has 0 heterocycles. The van der Waals surface area contributed by atoms with Crippen LogP contribution in [0, 0.1) is 0 Å². The molecule has 0 saturated heterocycles. The van der Waals surface area contributed by atoms with Crippen LogP contribution in [0.2, 0.25) is 0 Å². The van der Waals surface area contributed by atoms with Crippen LogP contribution in [0.3, 0.4) is 0 Å². The summed E-state index contributed by atoms with van der Waals surface area (Å²) in [6.45, 7) is 10.8. The number of ether oxygens (including phenoxy) is 2. The maximum atomic E-state index is 12.8. The number of rotatable bonds is 2. The van der Waals surface area contributed by atoms with Crippen molar-refractivity contribution in [1.29, 1.82) is 0 Å². The molecule has 0 aliphatic rings. The van der Waals surface area contributed by atoms with Crippen LogP contribution in [0.25, 0.3) is 0 Å². The van der Waals surface area contributed by atoms with E-state index in [1.165, 1.54) is 16.7 Å². The highest BCUT2D eigenvalue weighted by molar-refractivity contribution is 9.10. The molecule has 0 spiro atoms. The van der Waals surface area contributed by atoms with Crippen LogP contribution in [0.1, 0.15) is 47.1 Å². The Morgan fingerprint density at radius 3 is 2.19 bits per heavy atom. The molecule has 0 aliphatic heterocycles. The van der Waals surface area contributed by atoms with Crippen molar-refractivity contribution >= 4 is 45.0 Å². The van der Waals surface area contributed by atoms with Crippen LogP contribution in [0.5, 0.6) is 0 Å². The normalized spacial score (nSPS) is 12.5. The van der Waals surface area contributed by atoms with Gasteiger partial charge in [-0.25, -0.2) is 9.59 Å². The van der Waals surface area contributed by atoms with E-state index in [4.69, 9.17) is 9.47 Å². The lowest BCUT2D eigenvalue weighted by Gasteiger charge is -2.27. The van der Waals surface area contributed by atoms with Crippen molar-refractivity contribution in [2.75, 3.05) is 6.26 Å². The Morgan fingerprint density at radius 2 is 1.70 bits per heavy atom. The summed E-state index contributed by atoms with van der Waals surface area (Å²) in [5.41, 5.74) is -0.492. The van der Waals surface area contributed by atoms with Crippen LogP contribution in [0.15, 0.2) is 33.7 Å². The van der Waals surface area contributed by atoms with Gasteiger partial charge in [-0.15, -0.1) is 0 Å². The van der Waals surface area contributed by atoms with E-state index in [1.807, 2.05) is 24.3 Å². The van der Waals surface area contributed by atoms with Gasteiger partial charge < -0.3 is 9.47 Å². The number of benzene rings is 1. The minimum absolute atomic E-state index is 0.205. The second-order valence-corrected chi connectivity index (χ2v) is 9.46. The van der Waals surface area contributed by atoms with Crippen molar-refractivity contribution in [3.05, 3.63) is 34.3 Å². The molecule has 0 aromatic heterocycles. The molecule has 150 valence electrons. The van der Waals surface area contributed by atoms with E-state index in [1.54, 1.807) is 47.8 Å². The highest BCUT2D eigenvalue weighted by Gasteiger charge is 2.27. The first kappa shape index (κ1) is 23.5. The average Bonchev–Trinajstić information content (AvgIpc) is 2.47. The number of amides is 2. The molecule has 1 aromatic rings. The van der Waals surface area contributed by atoms with Gasteiger partial charge in [-0.3, -0.25) is 4.90 Å². The van der Waals surface area contributed by atoms with Crippen LogP contribution >= 0.6 is 27.7 Å². The standard InChI is InChI=1S/C19H27BrN2O4S/c1-18(2,3)25-16(23)21-15(27-7)22(17(24)26-19(4,5)6)12-13-9-8-10-14(20)11-13/h8-11H,12H2,1-7H3/b21-15+. The summed E-state index contributed by atoms with van der Waals surface area (Å²) in [4.78, 5) is 30.2. The molecule has 2 amide bonds. The molecule has 27 heavy (non-hydrogen) atoms. The maximum Gasteiger partial charge on any atom is 0.436 e. The molecule has 0 N–H and O–H groups in total. The van der Waals surface area contributed by atoms with Crippen molar-refractivity contribution in [3.8, 4) is 0 Å². The third kappa shape index (κ3) is 9.28. The monoisotopic (exact) mass is 458 g/mol. The van der Waals surface area contributed by atoms with Gasteiger partial charge >= 0.3 is 12.2 Å². The van der Waals surface area contributed by atoms with E-state index in [2.05, 4.69) is 20.9 Å². The van der Waals surface area contributed by atoms with Gasteiger partial charge in [0.2, 0.25) is 0 Å². The predicted octanol–water partition coefficient (Wildman–Crippen LogP) is 5.84. The van der Waals surface area contributed by atoms with Gasteiger partial charge in [0.1, 0.15) is 11.2 Å². The van der Waals surface area contributed by atoms with E-state index < -0.39 is 23.4 Å². The summed E-state index contributed by atoms with van der Waals surface area (Å²) in [6, 6.07) is 7.54. The van der Waals surface area contributed by atoms with E-state index in [-0.39, 0.29) is 11.7 Å². The molecule has 0 atom stereocenters. The number of thioether (sulfide) groups is 1. The molecule has 0 radical (unpaired) electrons. The quantitative estimate of drug-likeness (QED) is 0.411. The highest BCUT2D eigenvalue weighted by Crippen LogP contribution is 2.20. The summed E-state index contributed by atoms with van der Waals surface area (Å²) in [5.74, 6) is 0. The maximum absolute atomic E-state index is 12.8. The Morgan fingerprint density at radius 1 is 1.11 bits per heavy atom. The lowest BCUT2D eigenvalue weighted by molar-refractivity contribution is 0.0363. The lowest BCUT2D eigenvalue weighted by atomic mass is 10.2. The molecule has 8 heteroatoms. The van der Waals surface area contributed by atoms with Gasteiger partial charge in [0.15, 0.2) is 5.17 Å². The van der Waals surface area contributed by atoms with Gasteiger partial charge in [-0.1, -0.05) is 39.8 Å². The first-order valence-corrected chi connectivity index (χ1v) is 10.4. The summed E-state index contributed by atoms with van der Waals surface area (Å²) in [5, 5.41) is 0.207. The number of aliphatic imine (C=N–C) groups is 1. The molecule has 1 aromatic carbocycles. The second kappa shape index (κ2) is 9.59. The van der Waals surface area contributed by atoms with Gasteiger partial charge in [-0.2, -0.15) is 4.99 Å². The van der Waals surface area contributed by atoms with Crippen molar-refractivity contribution in [3.63, 3.8) is 0 Å². The molecular formula is C19H27BrN2O4S. The molecular weight excluding hydrogens is 432 g/mol. The van der Waals surface area contributed by atoms with Gasteiger partial charge in [-0.05, 0) is 65.5 Å². The zero-order valence-corrected chi connectivity index (χ0v) is 19.2. The molecule has 6 nitrogen and oxygen atoms in total. The van der Waals surface area contributed by atoms with Crippen molar-refractivity contribution in [2.24, 2.45) is 4.99 Å². The summed E-state index contributed by atoms with van der Waals surface area (Å²) in [7, 11) is 0. The van der Waals surface area contributed by atoms with Gasteiger partial charge in [0.05, 0.1) is 6.54 Å². The minimum atomic E-state index is -0.755. The number of halogens is 1. The molecule has 0 aliphatic carbocycles. The number of hydrogen-bond donors (Lipinski definition) is 0. The SMILES string of the molecule is CS/C(=N/C(=O)OC(C)(C)C)N(Cc1cccc(Br)c1)C(=O)OC(C)(C)C. The topological polar surface area (TPSA) is 68.2 Å². The van der Waals surface area contributed by atoms with E-state index >= 15 is 0 Å². The minimum Gasteiger partial charge on any atom is -0.443 e. The number of carbonyl (C=O) groups is 2. The molecule has 0 unspecified atom stereocenters. The number of amidine groups is 1. The molecule has 0 bridgehead atoms. The molecule has 0 saturated carbocycles. The largest absolute Gasteiger partial charge is 0.443 e. The van der Waals surface area contributed by atoms with Crippen LogP contribution < -0.4 is 0 Å². The highest BCUT2D eigenvalue weighted by atomic mass is 79.9. The summed E-state index contributed by atoms with van der Waals surface area (Å²) in [6.07, 6.45) is 0.398. The second-order valence-electron chi connectivity index (χ2n) is 7.78. The fraction of sp³-hybridized carbons (Fsp3) is 0.526. The van der Waals surface area contributed by atoms with E-state index in [9.17, 15) is 9.59 Å². The Balaban J connectivity index is 3.20. The Labute approximate surface area is 173 Å². The van der Waals surface area contributed by atoms with E-state index in [0.717, 1.165) is 10.0 Å². The molecule has 0 fully saturated rings. The predicted molar refractivity (Wildman–Crippen MR) is 113 cm³/mol. The smallest absolute Gasteiger partial charge is 0.436 e. The summed E-state index contributed by atoms with van der Waals surface area (Å²) >= 11 is 4.59. The van der Waals surface area contributed by atoms with Crippen LogP contribution in [-0.2, 0) is 16.0 Å². The van der Waals surface area contributed by atoms with Crippen molar-refractivity contribution in [2.45, 2.75) is 59.3 Å². The number of hydrogen-bond acceptors (Lipinski definition) is 5. The fourth-order valence-corrected chi connectivity index (χ4v) is 2.90. The zero-order valence-electron chi connectivity index (χ0n) is 16.8. The van der Waals surface area contributed by atoms with Gasteiger partial charge in [0, 0.05) is 4.47 Å².